The molecule has 1 atom stereocenters. The van der Waals surface area contributed by atoms with E-state index in [2.05, 4.69) is 4.72 Å². The summed E-state index contributed by atoms with van der Waals surface area (Å²) in [7, 11) is -2.51. The van der Waals surface area contributed by atoms with E-state index in [1.807, 2.05) is 0 Å². The lowest BCUT2D eigenvalue weighted by Crippen LogP contribution is -2.38. The predicted octanol–water partition coefficient (Wildman–Crippen LogP) is 1.71. The molecule has 1 aromatic carbocycles. The van der Waals surface area contributed by atoms with Crippen molar-refractivity contribution in [3.63, 3.8) is 0 Å². The molecule has 0 unspecified atom stereocenters. The first-order valence-corrected chi connectivity index (χ1v) is 10.3. The third-order valence-electron chi connectivity index (χ3n) is 4.23. The number of hydrogen-bond acceptors (Lipinski definition) is 5. The number of ether oxygens (including phenoxy) is 1. The maximum absolute atomic E-state index is 13.0. The first-order chi connectivity index (χ1) is 12.6. The summed E-state index contributed by atoms with van der Waals surface area (Å²) < 4.78 is 32.8. The van der Waals surface area contributed by atoms with E-state index in [9.17, 15) is 18.0 Å². The van der Waals surface area contributed by atoms with Crippen LogP contribution in [-0.2, 0) is 14.8 Å². The van der Waals surface area contributed by atoms with Crippen LogP contribution in [0, 0.1) is 5.92 Å². The van der Waals surface area contributed by atoms with Gasteiger partial charge in [-0.15, -0.1) is 0 Å². The highest BCUT2D eigenvalue weighted by molar-refractivity contribution is 7.89. The number of carbonyl (C=O) groups excluding carboxylic acids is 1. The van der Waals surface area contributed by atoms with Crippen LogP contribution >= 0.6 is 0 Å². The summed E-state index contributed by atoms with van der Waals surface area (Å²) in [5.74, 6) is -1.93. The Labute approximate surface area is 159 Å². The van der Waals surface area contributed by atoms with Gasteiger partial charge in [-0.3, -0.25) is 9.59 Å². The first-order valence-electron chi connectivity index (χ1n) is 8.81. The van der Waals surface area contributed by atoms with Crippen LogP contribution in [0.3, 0.4) is 0 Å². The molecule has 0 saturated heterocycles. The Morgan fingerprint density at radius 3 is 2.41 bits per heavy atom. The fourth-order valence-corrected chi connectivity index (χ4v) is 4.16. The molecule has 9 heteroatoms. The van der Waals surface area contributed by atoms with Gasteiger partial charge in [0, 0.05) is 24.2 Å². The molecule has 0 heterocycles. The summed E-state index contributed by atoms with van der Waals surface area (Å²) in [6.07, 6.45) is 1.63. The Bertz CT molecular complexity index is 817. The molecule has 0 aromatic heterocycles. The number of amides is 1. The monoisotopic (exact) mass is 398 g/mol. The van der Waals surface area contributed by atoms with Crippen LogP contribution in [-0.4, -0.2) is 56.0 Å². The lowest BCUT2D eigenvalue weighted by Gasteiger charge is -2.25. The van der Waals surface area contributed by atoms with Crippen molar-refractivity contribution in [1.82, 2.24) is 9.62 Å². The summed E-state index contributed by atoms with van der Waals surface area (Å²) >= 11 is 0. The van der Waals surface area contributed by atoms with Crippen molar-refractivity contribution in [2.24, 2.45) is 5.92 Å². The average molecular weight is 398 g/mol. The Hall–Kier alpha value is -2.13. The van der Waals surface area contributed by atoms with Crippen molar-refractivity contribution in [2.75, 3.05) is 13.7 Å². The second-order valence-corrected chi connectivity index (χ2v) is 8.75. The number of methoxy groups -OCH3 is 1. The van der Waals surface area contributed by atoms with Crippen molar-refractivity contribution in [3.8, 4) is 5.75 Å². The average Bonchev–Trinajstić information content (AvgIpc) is 3.41. The van der Waals surface area contributed by atoms with Crippen LogP contribution in [0.15, 0.2) is 23.1 Å². The number of benzene rings is 1. The minimum atomic E-state index is -3.86. The molecule has 1 aliphatic rings. The van der Waals surface area contributed by atoms with Gasteiger partial charge in [-0.1, -0.05) is 6.92 Å². The van der Waals surface area contributed by atoms with Crippen LogP contribution < -0.4 is 9.46 Å². The van der Waals surface area contributed by atoms with E-state index in [0.717, 1.165) is 12.8 Å². The fraction of sp³-hybridized carbons (Fsp3) is 0.556. The number of nitrogens with one attached hydrogen (secondary N) is 1. The maximum atomic E-state index is 13.0. The number of carboxylic acids is 1. The number of carboxylic acid groups (broad SMARTS) is 1. The zero-order chi connectivity index (χ0) is 20.4. The van der Waals surface area contributed by atoms with Gasteiger partial charge in [0.05, 0.1) is 13.0 Å². The third-order valence-corrected chi connectivity index (χ3v) is 5.91. The van der Waals surface area contributed by atoms with E-state index >= 15 is 0 Å². The second kappa shape index (κ2) is 8.26. The number of aliphatic carboxylic acids is 1. The van der Waals surface area contributed by atoms with Gasteiger partial charge in [0.15, 0.2) is 0 Å². The van der Waals surface area contributed by atoms with Gasteiger partial charge >= 0.3 is 5.97 Å². The Kier molecular flexibility index (Phi) is 6.48. The van der Waals surface area contributed by atoms with Crippen molar-refractivity contribution < 1.29 is 27.9 Å². The number of hydrogen-bond donors (Lipinski definition) is 2. The predicted molar refractivity (Wildman–Crippen MR) is 99.3 cm³/mol. The van der Waals surface area contributed by atoms with Gasteiger partial charge in [0.2, 0.25) is 10.0 Å². The molecular weight excluding hydrogens is 372 g/mol. The Morgan fingerprint density at radius 1 is 1.30 bits per heavy atom. The molecule has 1 fully saturated rings. The zero-order valence-electron chi connectivity index (χ0n) is 15.9. The molecule has 0 aliphatic heterocycles. The molecule has 1 amide bonds. The van der Waals surface area contributed by atoms with E-state index < -0.39 is 21.9 Å². The SMILES string of the molecule is COc1ccc(C(=O)N(C[C@H](C)C(=O)O)C2CC2)cc1S(=O)(=O)NC(C)C. The lowest BCUT2D eigenvalue weighted by molar-refractivity contribution is -0.141. The van der Waals surface area contributed by atoms with Gasteiger partial charge in [0.25, 0.3) is 5.91 Å². The highest BCUT2D eigenvalue weighted by atomic mass is 32.2. The summed E-state index contributed by atoms with van der Waals surface area (Å²) in [5.41, 5.74) is 0.185. The van der Waals surface area contributed by atoms with E-state index in [1.54, 1.807) is 20.8 Å². The summed E-state index contributed by atoms with van der Waals surface area (Å²) in [4.78, 5) is 25.5. The minimum Gasteiger partial charge on any atom is -0.495 e. The minimum absolute atomic E-state index is 0.00440. The quantitative estimate of drug-likeness (QED) is 0.655. The highest BCUT2D eigenvalue weighted by Crippen LogP contribution is 2.31. The second-order valence-electron chi connectivity index (χ2n) is 7.07. The molecule has 1 aromatic rings. The van der Waals surface area contributed by atoms with E-state index in [-0.39, 0.29) is 40.7 Å². The van der Waals surface area contributed by atoms with Gasteiger partial charge in [-0.2, -0.15) is 0 Å². The topological polar surface area (TPSA) is 113 Å². The first kappa shape index (κ1) is 21.2. The molecule has 8 nitrogen and oxygen atoms in total. The standard InChI is InChI=1S/C18H26N2O6S/c1-11(2)19-27(24,25)16-9-13(5-8-15(16)26-4)17(21)20(14-6-7-14)10-12(3)18(22)23/h5,8-9,11-12,14,19H,6-7,10H2,1-4H3,(H,22,23)/t12-/m0/s1. The number of nitrogens with zero attached hydrogens (tertiary/aromatic N) is 1. The molecule has 150 valence electrons. The summed E-state index contributed by atoms with van der Waals surface area (Å²) in [6, 6.07) is 3.89. The number of rotatable bonds is 9. The molecule has 27 heavy (non-hydrogen) atoms. The van der Waals surface area contributed by atoms with Gasteiger partial charge in [-0.25, -0.2) is 13.1 Å². The van der Waals surface area contributed by atoms with Crippen LogP contribution in [0.5, 0.6) is 5.75 Å². The van der Waals surface area contributed by atoms with Crippen LogP contribution in [0.25, 0.3) is 0 Å². The maximum Gasteiger partial charge on any atom is 0.308 e. The fourth-order valence-electron chi connectivity index (χ4n) is 2.72. The van der Waals surface area contributed by atoms with E-state index in [4.69, 9.17) is 9.84 Å². The zero-order valence-corrected chi connectivity index (χ0v) is 16.7. The molecule has 2 N–H and O–H groups in total. The van der Waals surface area contributed by atoms with Gasteiger partial charge < -0.3 is 14.7 Å². The van der Waals surface area contributed by atoms with Gasteiger partial charge in [-0.05, 0) is 44.9 Å². The normalized spacial score (nSPS) is 15.4. The van der Waals surface area contributed by atoms with Crippen LogP contribution in [0.4, 0.5) is 0 Å². The summed E-state index contributed by atoms with van der Waals surface area (Å²) in [5, 5.41) is 9.15. The lowest BCUT2D eigenvalue weighted by atomic mass is 10.1. The van der Waals surface area contributed by atoms with Crippen LogP contribution in [0.1, 0.15) is 44.0 Å². The number of carbonyl (C=O) groups is 2. The molecule has 0 spiro atoms. The number of sulfonamides is 1. The largest absolute Gasteiger partial charge is 0.495 e. The van der Waals surface area contributed by atoms with E-state index in [0.29, 0.717) is 0 Å². The highest BCUT2D eigenvalue weighted by Gasteiger charge is 2.35. The van der Waals surface area contributed by atoms with Gasteiger partial charge in [0.1, 0.15) is 10.6 Å². The molecule has 0 bridgehead atoms. The Balaban J connectivity index is 2.38. The third kappa shape index (κ3) is 5.20. The van der Waals surface area contributed by atoms with Crippen molar-refractivity contribution in [3.05, 3.63) is 23.8 Å². The molecular formula is C18H26N2O6S. The van der Waals surface area contributed by atoms with E-state index in [1.165, 1.54) is 30.2 Å². The van der Waals surface area contributed by atoms with Crippen molar-refractivity contribution in [2.45, 2.75) is 50.6 Å². The van der Waals surface area contributed by atoms with Crippen molar-refractivity contribution >= 4 is 21.9 Å². The van der Waals surface area contributed by atoms with Crippen LogP contribution in [0.2, 0.25) is 0 Å². The van der Waals surface area contributed by atoms with Crippen molar-refractivity contribution in [1.29, 1.82) is 0 Å². The molecule has 1 aliphatic carbocycles. The Morgan fingerprint density at radius 2 is 1.93 bits per heavy atom. The smallest absolute Gasteiger partial charge is 0.308 e. The molecule has 0 radical (unpaired) electrons. The molecule has 1 saturated carbocycles. The molecule has 2 rings (SSSR count). The summed E-state index contributed by atoms with van der Waals surface area (Å²) in [6.45, 7) is 5.01.